The van der Waals surface area contributed by atoms with Crippen LogP contribution in [0.25, 0.3) is 0 Å². The highest BCUT2D eigenvalue weighted by molar-refractivity contribution is 7.99. The van der Waals surface area contributed by atoms with E-state index in [0.29, 0.717) is 20.6 Å². The molecule has 0 unspecified atom stereocenters. The summed E-state index contributed by atoms with van der Waals surface area (Å²) < 4.78 is 0. The summed E-state index contributed by atoms with van der Waals surface area (Å²) in [6, 6.07) is 1.57. The molecule has 2 heterocycles. The van der Waals surface area contributed by atoms with Crippen molar-refractivity contribution in [2.75, 3.05) is 0 Å². The fraction of sp³-hybridized carbons (Fsp3) is 0. The van der Waals surface area contributed by atoms with Crippen molar-refractivity contribution in [1.82, 2.24) is 15.0 Å². The zero-order valence-electron chi connectivity index (χ0n) is 8.99. The average Bonchev–Trinajstić information content (AvgIpc) is 2.41. The van der Waals surface area contributed by atoms with Gasteiger partial charge in [0.15, 0.2) is 5.84 Å². The number of halogens is 1. The average molecular weight is 282 g/mol. The summed E-state index contributed by atoms with van der Waals surface area (Å²) in [5, 5.41) is 13.0. The summed E-state index contributed by atoms with van der Waals surface area (Å²) in [6.07, 6.45) is 6.27. The second-order valence-electron chi connectivity index (χ2n) is 3.11. The number of hydrogen-bond donors (Lipinski definition) is 2. The molecule has 92 valence electrons. The van der Waals surface area contributed by atoms with Crippen LogP contribution in [-0.4, -0.2) is 26.0 Å². The fourth-order valence-electron chi connectivity index (χ4n) is 1.18. The first-order valence-electron chi connectivity index (χ1n) is 4.78. The van der Waals surface area contributed by atoms with Gasteiger partial charge in [-0.2, -0.15) is 0 Å². The highest BCUT2D eigenvalue weighted by atomic mass is 35.5. The van der Waals surface area contributed by atoms with Crippen LogP contribution in [0.5, 0.6) is 0 Å². The lowest BCUT2D eigenvalue weighted by Crippen LogP contribution is -2.14. The van der Waals surface area contributed by atoms with Crippen LogP contribution in [0.1, 0.15) is 5.56 Å². The summed E-state index contributed by atoms with van der Waals surface area (Å²) in [5.74, 6) is -0.0663. The second-order valence-corrected chi connectivity index (χ2v) is 4.50. The minimum atomic E-state index is -0.0663. The van der Waals surface area contributed by atoms with E-state index in [1.807, 2.05) is 0 Å². The molecule has 2 aromatic rings. The molecule has 8 heteroatoms. The van der Waals surface area contributed by atoms with E-state index < -0.39 is 0 Å². The predicted octanol–water partition coefficient (Wildman–Crippen LogP) is 1.77. The monoisotopic (exact) mass is 281 g/mol. The van der Waals surface area contributed by atoms with Crippen molar-refractivity contribution in [2.24, 2.45) is 10.9 Å². The van der Waals surface area contributed by atoms with E-state index in [2.05, 4.69) is 20.1 Å². The van der Waals surface area contributed by atoms with Gasteiger partial charge in [0.25, 0.3) is 0 Å². The Balaban J connectivity index is 2.35. The largest absolute Gasteiger partial charge is 0.409 e. The van der Waals surface area contributed by atoms with Crippen LogP contribution < -0.4 is 5.73 Å². The third kappa shape index (κ3) is 2.69. The second kappa shape index (κ2) is 5.65. The van der Waals surface area contributed by atoms with Crippen LogP contribution in [0, 0.1) is 0 Å². The number of hydrogen-bond acceptors (Lipinski definition) is 6. The zero-order chi connectivity index (χ0) is 13.0. The maximum absolute atomic E-state index is 8.65. The Labute approximate surface area is 112 Å². The van der Waals surface area contributed by atoms with E-state index in [1.54, 1.807) is 24.7 Å². The van der Waals surface area contributed by atoms with Gasteiger partial charge in [-0.25, -0.2) is 9.97 Å². The summed E-state index contributed by atoms with van der Waals surface area (Å²) >= 11 is 7.38. The minimum absolute atomic E-state index is 0.0663. The van der Waals surface area contributed by atoms with E-state index in [1.165, 1.54) is 18.0 Å². The molecule has 0 aliphatic rings. The van der Waals surface area contributed by atoms with Crippen molar-refractivity contribution < 1.29 is 5.21 Å². The summed E-state index contributed by atoms with van der Waals surface area (Å²) in [6.45, 7) is 0. The molecule has 18 heavy (non-hydrogen) atoms. The summed E-state index contributed by atoms with van der Waals surface area (Å²) in [4.78, 5) is 12.2. The van der Waals surface area contributed by atoms with Gasteiger partial charge in [-0.05, 0) is 17.8 Å². The van der Waals surface area contributed by atoms with Crippen molar-refractivity contribution in [3.63, 3.8) is 0 Å². The molecule has 2 aromatic heterocycles. The van der Waals surface area contributed by atoms with Gasteiger partial charge in [0.1, 0.15) is 10.1 Å². The van der Waals surface area contributed by atoms with Crippen molar-refractivity contribution in [3.8, 4) is 0 Å². The lowest BCUT2D eigenvalue weighted by molar-refractivity contribution is 0.318. The van der Waals surface area contributed by atoms with E-state index in [0.717, 1.165) is 0 Å². The number of oxime groups is 1. The molecular formula is C10H8ClN5OS. The zero-order valence-corrected chi connectivity index (χ0v) is 10.6. The molecule has 0 radical (unpaired) electrons. The standard InChI is InChI=1S/C10H8ClN5OS/c11-8-6(9(12)16-17)1-2-15-10(8)18-7-5-13-3-4-14-7/h1-5,17H,(H2,12,16). The lowest BCUT2D eigenvalue weighted by Gasteiger charge is -2.06. The normalized spacial score (nSPS) is 11.5. The van der Waals surface area contributed by atoms with Crippen LogP contribution >= 0.6 is 23.4 Å². The van der Waals surface area contributed by atoms with Crippen LogP contribution in [0.3, 0.4) is 0 Å². The van der Waals surface area contributed by atoms with Gasteiger partial charge >= 0.3 is 0 Å². The molecule has 0 aromatic carbocycles. The predicted molar refractivity (Wildman–Crippen MR) is 67.9 cm³/mol. The van der Waals surface area contributed by atoms with Crippen molar-refractivity contribution in [3.05, 3.63) is 41.4 Å². The van der Waals surface area contributed by atoms with Crippen LogP contribution in [0.15, 0.2) is 46.1 Å². The molecule has 2 rings (SSSR count). The number of rotatable bonds is 3. The number of pyridine rings is 1. The molecule has 0 amide bonds. The van der Waals surface area contributed by atoms with Crippen molar-refractivity contribution in [2.45, 2.75) is 10.1 Å². The Morgan fingerprint density at radius 3 is 2.83 bits per heavy atom. The minimum Gasteiger partial charge on any atom is -0.409 e. The first-order valence-corrected chi connectivity index (χ1v) is 5.98. The molecule has 0 bridgehead atoms. The fourth-order valence-corrected chi connectivity index (χ4v) is 2.25. The van der Waals surface area contributed by atoms with E-state index in [9.17, 15) is 0 Å². The quantitative estimate of drug-likeness (QED) is 0.385. The number of amidine groups is 1. The van der Waals surface area contributed by atoms with Gasteiger partial charge in [0.05, 0.1) is 11.2 Å². The van der Waals surface area contributed by atoms with Gasteiger partial charge < -0.3 is 10.9 Å². The van der Waals surface area contributed by atoms with Gasteiger partial charge in [-0.3, -0.25) is 4.98 Å². The molecule has 0 spiro atoms. The Bertz CT molecular complexity index is 578. The van der Waals surface area contributed by atoms with Crippen molar-refractivity contribution >= 4 is 29.2 Å². The van der Waals surface area contributed by atoms with Gasteiger partial charge in [0, 0.05) is 24.2 Å². The molecule has 0 saturated heterocycles. The molecule has 0 aliphatic carbocycles. The maximum atomic E-state index is 8.65. The molecule has 3 N–H and O–H groups in total. The van der Waals surface area contributed by atoms with Crippen LogP contribution in [0.2, 0.25) is 5.02 Å². The molecule has 0 saturated carbocycles. The van der Waals surface area contributed by atoms with Crippen molar-refractivity contribution in [1.29, 1.82) is 0 Å². The number of nitrogens with two attached hydrogens (primary N) is 1. The highest BCUT2D eigenvalue weighted by Gasteiger charge is 2.12. The summed E-state index contributed by atoms with van der Waals surface area (Å²) in [7, 11) is 0. The third-order valence-corrected chi connectivity index (χ3v) is 3.40. The topological polar surface area (TPSA) is 97.3 Å². The van der Waals surface area contributed by atoms with Gasteiger partial charge in [0.2, 0.25) is 0 Å². The van der Waals surface area contributed by atoms with Crippen LogP contribution in [0.4, 0.5) is 0 Å². The van der Waals surface area contributed by atoms with E-state index in [-0.39, 0.29) is 5.84 Å². The first kappa shape index (κ1) is 12.6. The molecule has 0 fully saturated rings. The Kier molecular flexibility index (Phi) is 3.96. The molecule has 6 nitrogen and oxygen atoms in total. The Morgan fingerprint density at radius 2 is 2.17 bits per heavy atom. The number of nitrogens with zero attached hydrogens (tertiary/aromatic N) is 4. The van der Waals surface area contributed by atoms with Gasteiger partial charge in [-0.1, -0.05) is 16.8 Å². The van der Waals surface area contributed by atoms with Crippen LogP contribution in [-0.2, 0) is 0 Å². The maximum Gasteiger partial charge on any atom is 0.171 e. The number of aromatic nitrogens is 3. The highest BCUT2D eigenvalue weighted by Crippen LogP contribution is 2.31. The Morgan fingerprint density at radius 1 is 1.33 bits per heavy atom. The molecule has 0 aliphatic heterocycles. The SMILES string of the molecule is N/C(=N/O)c1ccnc(Sc2cnccn2)c1Cl. The lowest BCUT2D eigenvalue weighted by atomic mass is 10.2. The molecule has 0 atom stereocenters. The Hall–Kier alpha value is -1.86. The first-order chi connectivity index (χ1) is 8.72. The third-order valence-electron chi connectivity index (χ3n) is 1.98. The molecular weight excluding hydrogens is 274 g/mol. The van der Waals surface area contributed by atoms with Gasteiger partial charge in [-0.15, -0.1) is 0 Å². The van der Waals surface area contributed by atoms with E-state index in [4.69, 9.17) is 22.5 Å². The smallest absolute Gasteiger partial charge is 0.171 e. The van der Waals surface area contributed by atoms with E-state index >= 15 is 0 Å². The summed E-state index contributed by atoms with van der Waals surface area (Å²) in [5.41, 5.74) is 5.93.